The molecule has 0 amide bonds. The molecular formula is C11H15NO4. The van der Waals surface area contributed by atoms with Gasteiger partial charge in [0.15, 0.2) is 6.10 Å². The first-order valence-electron chi connectivity index (χ1n) is 5.11. The maximum Gasteiger partial charge on any atom is 0.339 e. The van der Waals surface area contributed by atoms with Gasteiger partial charge in [0.05, 0.1) is 19.4 Å². The molecule has 0 aromatic carbocycles. The van der Waals surface area contributed by atoms with Crippen LogP contribution in [0.2, 0.25) is 0 Å². The van der Waals surface area contributed by atoms with E-state index in [4.69, 9.17) is 9.47 Å². The van der Waals surface area contributed by atoms with Crippen LogP contribution in [0.5, 0.6) is 5.75 Å². The molecule has 5 heteroatoms. The van der Waals surface area contributed by atoms with Crippen LogP contribution in [0.3, 0.4) is 0 Å². The zero-order chi connectivity index (χ0) is 12.0. The summed E-state index contributed by atoms with van der Waals surface area (Å²) in [5.74, 6) is -0.165. The van der Waals surface area contributed by atoms with Gasteiger partial charge < -0.3 is 14.6 Å². The zero-order valence-corrected chi connectivity index (χ0v) is 9.34. The molecule has 0 radical (unpaired) electrons. The molecule has 0 spiro atoms. The number of aliphatic hydroxyl groups is 1. The predicted octanol–water partition coefficient (Wildman–Crippen LogP) is 1.08. The van der Waals surface area contributed by atoms with Gasteiger partial charge >= 0.3 is 5.97 Å². The van der Waals surface area contributed by atoms with E-state index in [1.54, 1.807) is 13.0 Å². The number of hydrogen-bond acceptors (Lipinski definition) is 5. The highest BCUT2D eigenvalue weighted by atomic mass is 16.5. The maximum atomic E-state index is 11.3. The number of carbonyl (C=O) groups excluding carboxylic acids is 1. The van der Waals surface area contributed by atoms with Crippen molar-refractivity contribution in [2.75, 3.05) is 13.2 Å². The Bertz CT molecular complexity index is 354. The monoisotopic (exact) mass is 225 g/mol. The largest absolute Gasteiger partial charge is 0.492 e. The third kappa shape index (κ3) is 3.20. The van der Waals surface area contributed by atoms with Gasteiger partial charge in [0.1, 0.15) is 5.75 Å². The number of rotatable bonds is 5. The van der Waals surface area contributed by atoms with Crippen molar-refractivity contribution >= 4 is 5.97 Å². The van der Waals surface area contributed by atoms with Crippen LogP contribution in [0.15, 0.2) is 18.5 Å². The number of carbonyl (C=O) groups is 1. The molecule has 1 heterocycles. The Morgan fingerprint density at radius 3 is 2.81 bits per heavy atom. The van der Waals surface area contributed by atoms with Gasteiger partial charge in [0.2, 0.25) is 0 Å². The van der Waals surface area contributed by atoms with Gasteiger partial charge in [-0.15, -0.1) is 0 Å². The number of aromatic nitrogens is 1. The van der Waals surface area contributed by atoms with Crippen LogP contribution < -0.4 is 4.74 Å². The molecule has 1 unspecified atom stereocenters. The van der Waals surface area contributed by atoms with E-state index >= 15 is 0 Å². The summed E-state index contributed by atoms with van der Waals surface area (Å²) in [5, 5.41) is 9.64. The van der Waals surface area contributed by atoms with Crippen LogP contribution >= 0.6 is 0 Å². The Morgan fingerprint density at radius 2 is 2.19 bits per heavy atom. The second-order valence-corrected chi connectivity index (χ2v) is 3.04. The van der Waals surface area contributed by atoms with E-state index in [1.807, 2.05) is 6.92 Å². The molecule has 88 valence electrons. The molecule has 1 aromatic heterocycles. The number of ether oxygens (including phenoxy) is 2. The molecule has 0 saturated carbocycles. The topological polar surface area (TPSA) is 68.7 Å². The zero-order valence-electron chi connectivity index (χ0n) is 9.34. The van der Waals surface area contributed by atoms with Crippen molar-refractivity contribution in [1.29, 1.82) is 0 Å². The lowest BCUT2D eigenvalue weighted by molar-refractivity contribution is -0.153. The molecule has 1 aromatic rings. The van der Waals surface area contributed by atoms with Crippen molar-refractivity contribution in [3.63, 3.8) is 0 Å². The minimum atomic E-state index is -1.31. The molecule has 16 heavy (non-hydrogen) atoms. The first kappa shape index (κ1) is 12.4. The van der Waals surface area contributed by atoms with Crippen LogP contribution in [-0.4, -0.2) is 29.3 Å². The highest BCUT2D eigenvalue weighted by Crippen LogP contribution is 2.18. The lowest BCUT2D eigenvalue weighted by Crippen LogP contribution is -2.15. The average Bonchev–Trinajstić information content (AvgIpc) is 2.29. The minimum Gasteiger partial charge on any atom is -0.492 e. The van der Waals surface area contributed by atoms with Gasteiger partial charge in [0.25, 0.3) is 0 Å². The van der Waals surface area contributed by atoms with E-state index < -0.39 is 12.1 Å². The summed E-state index contributed by atoms with van der Waals surface area (Å²) in [6, 6.07) is 1.57. The van der Waals surface area contributed by atoms with Crippen LogP contribution in [0, 0.1) is 0 Å². The summed E-state index contributed by atoms with van der Waals surface area (Å²) in [7, 11) is 0. The van der Waals surface area contributed by atoms with Crippen molar-refractivity contribution in [2.24, 2.45) is 0 Å². The fourth-order valence-corrected chi connectivity index (χ4v) is 1.19. The molecule has 0 aliphatic carbocycles. The Morgan fingerprint density at radius 1 is 1.44 bits per heavy atom. The van der Waals surface area contributed by atoms with E-state index in [1.165, 1.54) is 12.4 Å². The third-order valence-electron chi connectivity index (χ3n) is 1.87. The van der Waals surface area contributed by atoms with Gasteiger partial charge in [0, 0.05) is 11.8 Å². The summed E-state index contributed by atoms with van der Waals surface area (Å²) in [4.78, 5) is 15.1. The number of aliphatic hydroxyl groups excluding tert-OH is 1. The third-order valence-corrected chi connectivity index (χ3v) is 1.87. The standard InChI is InChI=1S/C11H15NO4/c1-3-15-9-5-8(6-12-7-9)10(13)11(14)16-4-2/h5-7,10,13H,3-4H2,1-2H3. The maximum absolute atomic E-state index is 11.3. The van der Waals surface area contributed by atoms with Gasteiger partial charge in [-0.2, -0.15) is 0 Å². The van der Waals surface area contributed by atoms with E-state index in [0.717, 1.165) is 0 Å². The normalized spacial score (nSPS) is 11.9. The quantitative estimate of drug-likeness (QED) is 0.759. The molecule has 0 fully saturated rings. The number of pyridine rings is 1. The molecule has 1 rings (SSSR count). The van der Waals surface area contributed by atoms with E-state index in [-0.39, 0.29) is 6.61 Å². The molecule has 0 aliphatic rings. The molecule has 0 saturated heterocycles. The van der Waals surface area contributed by atoms with Gasteiger partial charge in [-0.1, -0.05) is 0 Å². The summed E-state index contributed by atoms with van der Waals surface area (Å²) < 4.78 is 9.91. The van der Waals surface area contributed by atoms with Gasteiger partial charge in [-0.25, -0.2) is 4.79 Å². The summed E-state index contributed by atoms with van der Waals surface area (Å²) in [5.41, 5.74) is 0.365. The van der Waals surface area contributed by atoms with Crippen molar-refractivity contribution < 1.29 is 19.4 Å². The molecule has 0 aliphatic heterocycles. The average molecular weight is 225 g/mol. The summed E-state index contributed by atoms with van der Waals surface area (Å²) in [6.45, 7) is 4.25. The van der Waals surface area contributed by atoms with Crippen LogP contribution in [0.25, 0.3) is 0 Å². The molecule has 0 bridgehead atoms. The molecule has 1 atom stereocenters. The smallest absolute Gasteiger partial charge is 0.339 e. The van der Waals surface area contributed by atoms with Gasteiger partial charge in [-0.3, -0.25) is 4.98 Å². The number of esters is 1. The lowest BCUT2D eigenvalue weighted by atomic mass is 10.1. The second kappa shape index (κ2) is 6.07. The van der Waals surface area contributed by atoms with E-state index in [9.17, 15) is 9.90 Å². The molecular weight excluding hydrogens is 210 g/mol. The highest BCUT2D eigenvalue weighted by molar-refractivity contribution is 5.76. The Balaban J connectivity index is 2.78. The second-order valence-electron chi connectivity index (χ2n) is 3.04. The van der Waals surface area contributed by atoms with Crippen LogP contribution in [0.4, 0.5) is 0 Å². The molecule has 5 nitrogen and oxygen atoms in total. The Kier molecular flexibility index (Phi) is 4.72. The number of hydrogen-bond donors (Lipinski definition) is 1. The van der Waals surface area contributed by atoms with E-state index in [2.05, 4.69) is 4.98 Å². The van der Waals surface area contributed by atoms with Crippen molar-refractivity contribution in [3.8, 4) is 5.75 Å². The number of nitrogens with zero attached hydrogens (tertiary/aromatic N) is 1. The fourth-order valence-electron chi connectivity index (χ4n) is 1.19. The summed E-state index contributed by atoms with van der Waals surface area (Å²) in [6.07, 6.45) is 1.61. The first-order valence-corrected chi connectivity index (χ1v) is 5.11. The lowest BCUT2D eigenvalue weighted by Gasteiger charge is -2.10. The fraction of sp³-hybridized carbons (Fsp3) is 0.455. The molecule has 1 N–H and O–H groups in total. The van der Waals surface area contributed by atoms with Crippen molar-refractivity contribution in [3.05, 3.63) is 24.0 Å². The van der Waals surface area contributed by atoms with Gasteiger partial charge in [-0.05, 0) is 19.9 Å². The minimum absolute atomic E-state index is 0.231. The first-order chi connectivity index (χ1) is 7.69. The van der Waals surface area contributed by atoms with Crippen molar-refractivity contribution in [1.82, 2.24) is 4.98 Å². The van der Waals surface area contributed by atoms with Crippen LogP contribution in [-0.2, 0) is 9.53 Å². The van der Waals surface area contributed by atoms with E-state index in [0.29, 0.717) is 17.9 Å². The predicted molar refractivity (Wildman–Crippen MR) is 57.0 cm³/mol. The Labute approximate surface area is 94.0 Å². The van der Waals surface area contributed by atoms with Crippen molar-refractivity contribution in [2.45, 2.75) is 20.0 Å². The van der Waals surface area contributed by atoms with Crippen LogP contribution in [0.1, 0.15) is 25.5 Å². The highest BCUT2D eigenvalue weighted by Gasteiger charge is 2.19. The summed E-state index contributed by atoms with van der Waals surface area (Å²) >= 11 is 0. The Hall–Kier alpha value is -1.62. The SMILES string of the molecule is CCOC(=O)C(O)c1cncc(OCC)c1.